The van der Waals surface area contributed by atoms with Gasteiger partial charge in [0, 0.05) is 31.3 Å². The van der Waals surface area contributed by atoms with Gasteiger partial charge >= 0.3 is 0 Å². The Morgan fingerprint density at radius 1 is 1.50 bits per heavy atom. The van der Waals surface area contributed by atoms with Crippen LogP contribution in [0.2, 0.25) is 0 Å². The maximum atomic E-state index is 11.6. The van der Waals surface area contributed by atoms with Crippen LogP contribution in [-0.2, 0) is 11.2 Å². The Bertz CT molecular complexity index is 374. The number of aryl methyl sites for hydroxylation is 1. The number of rotatable bonds is 7. The van der Waals surface area contributed by atoms with Crippen LogP contribution in [-0.4, -0.2) is 43.0 Å². The number of hydrogen-bond donors (Lipinski definition) is 1. The van der Waals surface area contributed by atoms with Crippen LogP contribution < -0.4 is 5.32 Å². The summed E-state index contributed by atoms with van der Waals surface area (Å²) in [6, 6.07) is 0. The van der Waals surface area contributed by atoms with Crippen LogP contribution in [0.1, 0.15) is 36.9 Å². The number of aromatic nitrogens is 1. The lowest BCUT2D eigenvalue weighted by Crippen LogP contribution is -2.31. The lowest BCUT2D eigenvalue weighted by Gasteiger charge is -2.09. The molecular weight excluding hydrogens is 246 g/mol. The minimum Gasteiger partial charge on any atom is -0.355 e. The SMILES string of the molecule is CC(C)c1csc(CCC(=O)NCCN(C)C)n1. The van der Waals surface area contributed by atoms with Gasteiger partial charge in [0.15, 0.2) is 0 Å². The summed E-state index contributed by atoms with van der Waals surface area (Å²) in [6.07, 6.45) is 1.27. The average molecular weight is 269 g/mol. The minimum absolute atomic E-state index is 0.109. The second-order valence-electron chi connectivity index (χ2n) is 4.97. The maximum absolute atomic E-state index is 11.6. The number of carbonyl (C=O) groups is 1. The Morgan fingerprint density at radius 2 is 2.22 bits per heavy atom. The molecule has 0 unspecified atom stereocenters. The molecule has 0 aliphatic rings. The molecule has 1 rings (SSSR count). The van der Waals surface area contributed by atoms with Gasteiger partial charge in [0.2, 0.25) is 5.91 Å². The van der Waals surface area contributed by atoms with Crippen molar-refractivity contribution in [2.75, 3.05) is 27.2 Å². The molecule has 0 aliphatic carbocycles. The summed E-state index contributed by atoms with van der Waals surface area (Å²) in [5, 5.41) is 6.05. The van der Waals surface area contributed by atoms with Gasteiger partial charge in [-0.15, -0.1) is 11.3 Å². The van der Waals surface area contributed by atoms with Crippen LogP contribution in [0.4, 0.5) is 0 Å². The molecule has 18 heavy (non-hydrogen) atoms. The standard InChI is InChI=1S/C13H23N3OS/c1-10(2)11-9-18-13(15-11)6-5-12(17)14-7-8-16(3)4/h9-10H,5-8H2,1-4H3,(H,14,17). The second kappa shape index (κ2) is 7.48. The predicted molar refractivity (Wildman–Crippen MR) is 76.1 cm³/mol. The van der Waals surface area contributed by atoms with E-state index in [1.807, 2.05) is 14.1 Å². The maximum Gasteiger partial charge on any atom is 0.220 e. The quantitative estimate of drug-likeness (QED) is 0.822. The molecule has 1 amide bonds. The van der Waals surface area contributed by atoms with Crippen molar-refractivity contribution in [2.24, 2.45) is 0 Å². The van der Waals surface area contributed by atoms with Crippen LogP contribution in [0.25, 0.3) is 0 Å². The van der Waals surface area contributed by atoms with E-state index in [0.29, 0.717) is 18.9 Å². The molecule has 5 heteroatoms. The highest BCUT2D eigenvalue weighted by Crippen LogP contribution is 2.18. The molecule has 0 atom stereocenters. The Hall–Kier alpha value is -0.940. The van der Waals surface area contributed by atoms with E-state index < -0.39 is 0 Å². The number of hydrogen-bond acceptors (Lipinski definition) is 4. The normalized spacial score (nSPS) is 11.2. The van der Waals surface area contributed by atoms with Gasteiger partial charge in [0.25, 0.3) is 0 Å². The molecule has 0 saturated carbocycles. The van der Waals surface area contributed by atoms with Gasteiger partial charge in [-0.3, -0.25) is 4.79 Å². The molecule has 1 aromatic heterocycles. The van der Waals surface area contributed by atoms with Crippen LogP contribution in [0.3, 0.4) is 0 Å². The van der Waals surface area contributed by atoms with Gasteiger partial charge in [-0.2, -0.15) is 0 Å². The van der Waals surface area contributed by atoms with Crippen LogP contribution in [0.15, 0.2) is 5.38 Å². The summed E-state index contributed by atoms with van der Waals surface area (Å²) in [5.74, 6) is 0.571. The van der Waals surface area contributed by atoms with Crippen molar-refractivity contribution in [3.63, 3.8) is 0 Å². The van der Waals surface area contributed by atoms with Crippen LogP contribution in [0, 0.1) is 0 Å². The van der Waals surface area contributed by atoms with Crippen molar-refractivity contribution in [2.45, 2.75) is 32.6 Å². The summed E-state index contributed by atoms with van der Waals surface area (Å²) >= 11 is 1.65. The third kappa shape index (κ3) is 5.60. The summed E-state index contributed by atoms with van der Waals surface area (Å²) in [5.41, 5.74) is 1.13. The third-order valence-corrected chi connectivity index (χ3v) is 3.53. The minimum atomic E-state index is 0.109. The molecule has 1 aromatic rings. The molecule has 0 radical (unpaired) electrons. The number of nitrogens with zero attached hydrogens (tertiary/aromatic N) is 2. The van der Waals surface area contributed by atoms with Crippen molar-refractivity contribution in [1.82, 2.24) is 15.2 Å². The van der Waals surface area contributed by atoms with E-state index in [1.54, 1.807) is 11.3 Å². The topological polar surface area (TPSA) is 45.2 Å². The monoisotopic (exact) mass is 269 g/mol. The van der Waals surface area contributed by atoms with Crippen molar-refractivity contribution >= 4 is 17.2 Å². The fraction of sp³-hybridized carbons (Fsp3) is 0.692. The van der Waals surface area contributed by atoms with E-state index in [2.05, 4.69) is 34.4 Å². The molecule has 0 fully saturated rings. The fourth-order valence-electron chi connectivity index (χ4n) is 1.43. The Labute approximate surface area is 113 Å². The van der Waals surface area contributed by atoms with Gasteiger partial charge in [0.05, 0.1) is 10.7 Å². The molecule has 4 nitrogen and oxygen atoms in total. The first-order valence-corrected chi connectivity index (χ1v) is 7.22. The molecule has 1 heterocycles. The highest BCUT2D eigenvalue weighted by molar-refractivity contribution is 7.09. The Morgan fingerprint density at radius 3 is 2.78 bits per heavy atom. The van der Waals surface area contributed by atoms with E-state index >= 15 is 0 Å². The van der Waals surface area contributed by atoms with Crippen molar-refractivity contribution in [3.8, 4) is 0 Å². The number of amides is 1. The smallest absolute Gasteiger partial charge is 0.220 e. The first-order chi connectivity index (χ1) is 8.49. The van der Waals surface area contributed by atoms with E-state index in [1.165, 1.54) is 0 Å². The first kappa shape index (κ1) is 15.1. The van der Waals surface area contributed by atoms with Gasteiger partial charge in [-0.25, -0.2) is 4.98 Å². The lowest BCUT2D eigenvalue weighted by atomic mass is 10.2. The molecule has 1 N–H and O–H groups in total. The average Bonchev–Trinajstić information content (AvgIpc) is 2.74. The van der Waals surface area contributed by atoms with Crippen molar-refractivity contribution < 1.29 is 4.79 Å². The fourth-order valence-corrected chi connectivity index (χ4v) is 2.39. The van der Waals surface area contributed by atoms with Crippen molar-refractivity contribution in [3.05, 3.63) is 16.1 Å². The summed E-state index contributed by atoms with van der Waals surface area (Å²) < 4.78 is 0. The van der Waals surface area contributed by atoms with Crippen LogP contribution in [0.5, 0.6) is 0 Å². The Kier molecular flexibility index (Phi) is 6.29. The molecule has 0 aromatic carbocycles. The summed E-state index contributed by atoms with van der Waals surface area (Å²) in [4.78, 5) is 18.2. The third-order valence-electron chi connectivity index (χ3n) is 2.61. The van der Waals surface area contributed by atoms with E-state index in [-0.39, 0.29) is 5.91 Å². The largest absolute Gasteiger partial charge is 0.355 e. The lowest BCUT2D eigenvalue weighted by molar-refractivity contribution is -0.121. The first-order valence-electron chi connectivity index (χ1n) is 6.34. The zero-order valence-corrected chi connectivity index (χ0v) is 12.5. The van der Waals surface area contributed by atoms with Gasteiger partial charge in [0.1, 0.15) is 0 Å². The zero-order chi connectivity index (χ0) is 13.5. The molecule has 0 spiro atoms. The van der Waals surface area contributed by atoms with E-state index in [4.69, 9.17) is 0 Å². The van der Waals surface area contributed by atoms with Gasteiger partial charge in [-0.1, -0.05) is 13.8 Å². The number of nitrogens with one attached hydrogen (secondary N) is 1. The second-order valence-corrected chi connectivity index (χ2v) is 5.92. The van der Waals surface area contributed by atoms with Crippen LogP contribution >= 0.6 is 11.3 Å². The number of likely N-dealkylation sites (N-methyl/N-ethyl adjacent to an activating group) is 1. The zero-order valence-electron chi connectivity index (χ0n) is 11.7. The summed E-state index contributed by atoms with van der Waals surface area (Å²) in [7, 11) is 3.99. The van der Waals surface area contributed by atoms with E-state index in [0.717, 1.165) is 23.7 Å². The molecular formula is C13H23N3OS. The summed E-state index contributed by atoms with van der Waals surface area (Å²) in [6.45, 7) is 5.85. The predicted octanol–water partition coefficient (Wildman–Crippen LogP) is 1.88. The Balaban J connectivity index is 2.25. The highest BCUT2D eigenvalue weighted by atomic mass is 32.1. The number of thiazole rings is 1. The van der Waals surface area contributed by atoms with E-state index in [9.17, 15) is 4.79 Å². The molecule has 102 valence electrons. The molecule has 0 saturated heterocycles. The van der Waals surface area contributed by atoms with Crippen molar-refractivity contribution in [1.29, 1.82) is 0 Å². The number of carbonyl (C=O) groups excluding carboxylic acids is 1. The highest BCUT2D eigenvalue weighted by Gasteiger charge is 2.07. The van der Waals surface area contributed by atoms with Gasteiger partial charge < -0.3 is 10.2 Å². The van der Waals surface area contributed by atoms with Gasteiger partial charge in [-0.05, 0) is 20.0 Å². The molecule has 0 aliphatic heterocycles. The molecule has 0 bridgehead atoms.